The average Bonchev–Trinajstić information content (AvgIpc) is 2.82. The number of hydrogen-bond donors (Lipinski definition) is 2. The van der Waals surface area contributed by atoms with Gasteiger partial charge in [0.25, 0.3) is 5.91 Å². The van der Waals surface area contributed by atoms with E-state index >= 15 is 0 Å². The standard InChI is InChI=1S/C27H31NO6/c1-4-5-6-10-13-22-17(2)21-15-14-20(16-23(21)34-27(22)32)33-18(3)25(29)28-24(26(30)31)19-11-8-7-9-12-19/h7-9,11-12,14-16,18,24H,4-6,10,13H2,1-3H3,(H,28,29)(H,30,31). The minimum atomic E-state index is -1.19. The second-order valence-electron chi connectivity index (χ2n) is 8.41. The second-order valence-corrected chi connectivity index (χ2v) is 8.41. The normalized spacial score (nSPS) is 12.8. The number of carbonyl (C=O) groups excluding carboxylic acids is 1. The molecule has 1 aromatic heterocycles. The number of nitrogens with one attached hydrogen (secondary N) is 1. The fourth-order valence-corrected chi connectivity index (χ4v) is 3.92. The first-order valence-corrected chi connectivity index (χ1v) is 11.6. The van der Waals surface area contributed by atoms with E-state index in [1.165, 1.54) is 6.92 Å². The van der Waals surface area contributed by atoms with Gasteiger partial charge in [0.15, 0.2) is 12.1 Å². The molecule has 2 aromatic carbocycles. The Bertz CT molecular complexity index is 1200. The quantitative estimate of drug-likeness (QED) is 0.307. The van der Waals surface area contributed by atoms with Crippen molar-refractivity contribution < 1.29 is 23.8 Å². The van der Waals surface area contributed by atoms with Crippen molar-refractivity contribution >= 4 is 22.8 Å². The van der Waals surface area contributed by atoms with Crippen LogP contribution in [0, 0.1) is 6.92 Å². The summed E-state index contributed by atoms with van der Waals surface area (Å²) in [6.45, 7) is 5.60. The van der Waals surface area contributed by atoms with Gasteiger partial charge in [-0.2, -0.15) is 0 Å². The number of benzene rings is 2. The highest BCUT2D eigenvalue weighted by Gasteiger charge is 2.25. The molecule has 7 heteroatoms. The monoisotopic (exact) mass is 465 g/mol. The summed E-state index contributed by atoms with van der Waals surface area (Å²) in [4.78, 5) is 36.8. The Balaban J connectivity index is 1.73. The zero-order valence-electron chi connectivity index (χ0n) is 19.8. The van der Waals surface area contributed by atoms with Crippen molar-refractivity contribution in [1.82, 2.24) is 5.32 Å². The topological polar surface area (TPSA) is 106 Å². The van der Waals surface area contributed by atoms with Gasteiger partial charge in [0.2, 0.25) is 0 Å². The molecule has 3 aromatic rings. The van der Waals surface area contributed by atoms with Crippen molar-refractivity contribution in [2.75, 3.05) is 0 Å². The molecular weight excluding hydrogens is 434 g/mol. The number of ether oxygens (including phenoxy) is 1. The summed E-state index contributed by atoms with van der Waals surface area (Å²) in [5.41, 5.74) is 2.09. The van der Waals surface area contributed by atoms with Crippen molar-refractivity contribution in [3.05, 3.63) is 75.6 Å². The van der Waals surface area contributed by atoms with E-state index in [9.17, 15) is 19.5 Å². The maximum atomic E-state index is 12.6. The van der Waals surface area contributed by atoms with Gasteiger partial charge in [0, 0.05) is 17.0 Å². The Kier molecular flexibility index (Phi) is 8.46. The highest BCUT2D eigenvalue weighted by molar-refractivity contribution is 5.87. The van der Waals surface area contributed by atoms with Crippen LogP contribution in [0.2, 0.25) is 0 Å². The van der Waals surface area contributed by atoms with Gasteiger partial charge in [-0.25, -0.2) is 9.59 Å². The maximum absolute atomic E-state index is 12.6. The summed E-state index contributed by atoms with van der Waals surface area (Å²) in [6.07, 6.45) is 4.02. The number of carboxylic acids is 1. The molecule has 0 fully saturated rings. The van der Waals surface area contributed by atoms with Crippen molar-refractivity contribution in [2.24, 2.45) is 0 Å². The first kappa shape index (κ1) is 25.0. The molecule has 0 radical (unpaired) electrons. The molecule has 34 heavy (non-hydrogen) atoms. The third-order valence-corrected chi connectivity index (χ3v) is 5.89. The number of aryl methyl sites for hydroxylation is 1. The van der Waals surface area contributed by atoms with Crippen LogP contribution < -0.4 is 15.7 Å². The van der Waals surface area contributed by atoms with E-state index in [0.29, 0.717) is 28.9 Å². The first-order chi connectivity index (χ1) is 16.3. The Morgan fingerprint density at radius 2 is 1.82 bits per heavy atom. The van der Waals surface area contributed by atoms with Crippen LogP contribution in [0.1, 0.15) is 62.3 Å². The van der Waals surface area contributed by atoms with Crippen molar-refractivity contribution in [1.29, 1.82) is 0 Å². The van der Waals surface area contributed by atoms with Gasteiger partial charge in [-0.1, -0.05) is 56.5 Å². The molecule has 1 amide bonds. The molecule has 0 saturated heterocycles. The largest absolute Gasteiger partial charge is 0.481 e. The predicted octanol–water partition coefficient (Wildman–Crippen LogP) is 4.93. The van der Waals surface area contributed by atoms with Crippen LogP contribution in [0.4, 0.5) is 0 Å². The SMILES string of the molecule is CCCCCCc1c(C)c2ccc(OC(C)C(=O)NC(C(=O)O)c3ccccc3)cc2oc1=O. The van der Waals surface area contributed by atoms with E-state index in [2.05, 4.69) is 12.2 Å². The van der Waals surface area contributed by atoms with Gasteiger partial charge >= 0.3 is 11.6 Å². The number of rotatable bonds is 11. The maximum Gasteiger partial charge on any atom is 0.339 e. The summed E-state index contributed by atoms with van der Waals surface area (Å²) in [5, 5.41) is 12.9. The van der Waals surface area contributed by atoms with E-state index < -0.39 is 24.0 Å². The Morgan fingerprint density at radius 1 is 1.09 bits per heavy atom. The van der Waals surface area contributed by atoms with Crippen LogP contribution in [0.15, 0.2) is 57.7 Å². The molecule has 2 N–H and O–H groups in total. The van der Waals surface area contributed by atoms with E-state index in [4.69, 9.17) is 9.15 Å². The zero-order chi connectivity index (χ0) is 24.7. The van der Waals surface area contributed by atoms with Crippen LogP contribution in [0.25, 0.3) is 11.0 Å². The van der Waals surface area contributed by atoms with E-state index in [1.807, 2.05) is 13.0 Å². The number of unbranched alkanes of at least 4 members (excludes halogenated alkanes) is 3. The molecule has 0 bridgehead atoms. The van der Waals surface area contributed by atoms with Crippen LogP contribution in [-0.2, 0) is 16.0 Å². The third-order valence-electron chi connectivity index (χ3n) is 5.89. The Labute approximate surface area is 198 Å². The number of carbonyl (C=O) groups is 2. The number of carboxylic acid groups (broad SMARTS) is 1. The Hall–Kier alpha value is -3.61. The van der Waals surface area contributed by atoms with Gasteiger partial charge in [0.1, 0.15) is 11.3 Å². The number of hydrogen-bond acceptors (Lipinski definition) is 5. The molecule has 0 spiro atoms. The zero-order valence-corrected chi connectivity index (χ0v) is 19.8. The summed E-state index contributed by atoms with van der Waals surface area (Å²) in [7, 11) is 0. The van der Waals surface area contributed by atoms with Gasteiger partial charge in [0.05, 0.1) is 0 Å². The third kappa shape index (κ3) is 6.04. The molecule has 180 valence electrons. The summed E-state index contributed by atoms with van der Waals surface area (Å²) in [6, 6.07) is 12.4. The number of amides is 1. The van der Waals surface area contributed by atoms with E-state index in [1.54, 1.807) is 42.5 Å². The van der Waals surface area contributed by atoms with Crippen LogP contribution >= 0.6 is 0 Å². The minimum Gasteiger partial charge on any atom is -0.481 e. The molecule has 7 nitrogen and oxygen atoms in total. The van der Waals surface area contributed by atoms with Gasteiger partial charge in [-0.3, -0.25) is 4.79 Å². The fraction of sp³-hybridized carbons (Fsp3) is 0.370. The lowest BCUT2D eigenvalue weighted by atomic mass is 10.0. The molecule has 0 saturated carbocycles. The van der Waals surface area contributed by atoms with Crippen molar-refractivity contribution in [2.45, 2.75) is 65.0 Å². The second kappa shape index (κ2) is 11.5. The van der Waals surface area contributed by atoms with E-state index in [-0.39, 0.29) is 5.63 Å². The smallest absolute Gasteiger partial charge is 0.339 e. The summed E-state index contributed by atoms with van der Waals surface area (Å²) >= 11 is 0. The molecular formula is C27H31NO6. The van der Waals surface area contributed by atoms with Gasteiger partial charge in [-0.05, 0) is 49.9 Å². The van der Waals surface area contributed by atoms with Gasteiger partial charge in [-0.15, -0.1) is 0 Å². The number of aliphatic carboxylic acids is 1. The molecule has 0 aliphatic carbocycles. The fourth-order valence-electron chi connectivity index (χ4n) is 3.92. The highest BCUT2D eigenvalue weighted by Crippen LogP contribution is 2.26. The molecule has 0 aliphatic rings. The lowest BCUT2D eigenvalue weighted by Gasteiger charge is -2.19. The predicted molar refractivity (Wildman–Crippen MR) is 130 cm³/mol. The lowest BCUT2D eigenvalue weighted by molar-refractivity contribution is -0.143. The van der Waals surface area contributed by atoms with Crippen molar-refractivity contribution in [3.8, 4) is 5.75 Å². The summed E-state index contributed by atoms with van der Waals surface area (Å²) in [5.74, 6) is -1.39. The van der Waals surface area contributed by atoms with Crippen molar-refractivity contribution in [3.63, 3.8) is 0 Å². The molecule has 2 unspecified atom stereocenters. The molecule has 1 heterocycles. The van der Waals surface area contributed by atoms with Gasteiger partial charge < -0.3 is 19.6 Å². The molecule has 0 aliphatic heterocycles. The summed E-state index contributed by atoms with van der Waals surface area (Å²) < 4.78 is 11.3. The number of fused-ring (bicyclic) bond motifs is 1. The van der Waals surface area contributed by atoms with E-state index in [0.717, 1.165) is 36.6 Å². The Morgan fingerprint density at radius 3 is 2.50 bits per heavy atom. The molecule has 3 rings (SSSR count). The van der Waals surface area contributed by atoms with Crippen LogP contribution in [0.5, 0.6) is 5.75 Å². The molecule has 2 atom stereocenters. The average molecular weight is 466 g/mol. The first-order valence-electron chi connectivity index (χ1n) is 11.6. The van der Waals surface area contributed by atoms with Crippen LogP contribution in [-0.4, -0.2) is 23.1 Å². The van der Waals surface area contributed by atoms with Crippen LogP contribution in [0.3, 0.4) is 0 Å². The highest BCUT2D eigenvalue weighted by atomic mass is 16.5. The minimum absolute atomic E-state index is 0.347. The lowest BCUT2D eigenvalue weighted by Crippen LogP contribution is -2.41.